The van der Waals surface area contributed by atoms with Gasteiger partial charge >= 0.3 is 0 Å². The van der Waals surface area contributed by atoms with Crippen molar-refractivity contribution in [1.82, 2.24) is 15.2 Å². The molecule has 4 heteroatoms. The van der Waals surface area contributed by atoms with Gasteiger partial charge in [0.2, 0.25) is 0 Å². The molecular weight excluding hydrogens is 202 g/mol. The summed E-state index contributed by atoms with van der Waals surface area (Å²) in [6.45, 7) is 6.38. The van der Waals surface area contributed by atoms with Gasteiger partial charge in [0.1, 0.15) is 0 Å². The molecule has 1 amide bonds. The van der Waals surface area contributed by atoms with Gasteiger partial charge in [0.15, 0.2) is 0 Å². The Kier molecular flexibility index (Phi) is 3.19. The van der Waals surface area contributed by atoms with Crippen LogP contribution in [-0.4, -0.2) is 41.5 Å². The number of nitrogens with one attached hydrogen (secondary N) is 1. The van der Waals surface area contributed by atoms with Gasteiger partial charge in [-0.2, -0.15) is 0 Å². The first-order valence-corrected chi connectivity index (χ1v) is 5.63. The van der Waals surface area contributed by atoms with Crippen molar-refractivity contribution in [3.63, 3.8) is 0 Å². The van der Waals surface area contributed by atoms with Crippen LogP contribution < -0.4 is 5.32 Å². The van der Waals surface area contributed by atoms with E-state index in [1.54, 1.807) is 6.20 Å². The van der Waals surface area contributed by atoms with E-state index < -0.39 is 0 Å². The predicted octanol–water partition coefficient (Wildman–Crippen LogP) is 0.824. The number of rotatable bonds is 1. The smallest absolute Gasteiger partial charge is 0.255 e. The van der Waals surface area contributed by atoms with Crippen LogP contribution in [-0.2, 0) is 0 Å². The molecule has 1 saturated heterocycles. The molecule has 1 unspecified atom stereocenters. The molecule has 0 aromatic carbocycles. The Morgan fingerprint density at radius 1 is 1.62 bits per heavy atom. The normalized spacial score (nSPS) is 20.9. The topological polar surface area (TPSA) is 45.2 Å². The van der Waals surface area contributed by atoms with Crippen molar-refractivity contribution in [2.45, 2.75) is 19.9 Å². The third-order valence-electron chi connectivity index (χ3n) is 2.89. The van der Waals surface area contributed by atoms with Gasteiger partial charge in [0, 0.05) is 37.6 Å². The summed E-state index contributed by atoms with van der Waals surface area (Å²) in [5.41, 5.74) is 1.52. The van der Waals surface area contributed by atoms with Crippen molar-refractivity contribution in [2.75, 3.05) is 19.6 Å². The lowest BCUT2D eigenvalue weighted by Crippen LogP contribution is -2.51. The van der Waals surface area contributed by atoms with Gasteiger partial charge in [0.05, 0.1) is 5.56 Å². The lowest BCUT2D eigenvalue weighted by molar-refractivity contribution is 0.0708. The fourth-order valence-electron chi connectivity index (χ4n) is 2.00. The SMILES string of the molecule is Cc1ncccc1C(=O)N1CCNC(C)C1. The molecular formula is C12H17N3O. The summed E-state index contributed by atoms with van der Waals surface area (Å²) < 4.78 is 0. The molecule has 2 rings (SSSR count). The number of hydrogen-bond acceptors (Lipinski definition) is 3. The number of amides is 1. The molecule has 16 heavy (non-hydrogen) atoms. The molecule has 1 N–H and O–H groups in total. The first kappa shape index (κ1) is 11.1. The van der Waals surface area contributed by atoms with E-state index in [-0.39, 0.29) is 5.91 Å². The van der Waals surface area contributed by atoms with Gasteiger partial charge in [-0.15, -0.1) is 0 Å². The van der Waals surface area contributed by atoms with Crippen LogP contribution in [0.3, 0.4) is 0 Å². The number of carbonyl (C=O) groups excluding carboxylic acids is 1. The standard InChI is InChI=1S/C12H17N3O/c1-9-8-15(7-6-13-9)12(16)11-4-3-5-14-10(11)2/h3-5,9,13H,6-8H2,1-2H3. The molecule has 1 fully saturated rings. The van der Waals surface area contributed by atoms with Crippen molar-refractivity contribution >= 4 is 5.91 Å². The van der Waals surface area contributed by atoms with Gasteiger partial charge < -0.3 is 10.2 Å². The fraction of sp³-hybridized carbons (Fsp3) is 0.500. The van der Waals surface area contributed by atoms with Crippen molar-refractivity contribution in [1.29, 1.82) is 0 Å². The number of carbonyl (C=O) groups is 1. The molecule has 0 saturated carbocycles. The number of piperazine rings is 1. The maximum atomic E-state index is 12.2. The van der Waals surface area contributed by atoms with Gasteiger partial charge in [0.25, 0.3) is 5.91 Å². The van der Waals surface area contributed by atoms with Gasteiger partial charge in [-0.3, -0.25) is 9.78 Å². The van der Waals surface area contributed by atoms with Crippen LogP contribution in [0.2, 0.25) is 0 Å². The molecule has 0 aliphatic carbocycles. The predicted molar refractivity (Wildman–Crippen MR) is 62.3 cm³/mol. The van der Waals surface area contributed by atoms with Crippen LogP contribution in [0.4, 0.5) is 0 Å². The molecule has 1 aromatic rings. The second kappa shape index (κ2) is 4.61. The summed E-state index contributed by atoms with van der Waals surface area (Å²) in [5, 5.41) is 3.32. The van der Waals surface area contributed by atoms with Gasteiger partial charge in [-0.05, 0) is 26.0 Å². The minimum Gasteiger partial charge on any atom is -0.336 e. The van der Waals surface area contributed by atoms with Crippen LogP contribution in [0.25, 0.3) is 0 Å². The van der Waals surface area contributed by atoms with Crippen LogP contribution >= 0.6 is 0 Å². The summed E-state index contributed by atoms with van der Waals surface area (Å²) in [7, 11) is 0. The monoisotopic (exact) mass is 219 g/mol. The zero-order valence-corrected chi connectivity index (χ0v) is 9.73. The molecule has 86 valence electrons. The Balaban J connectivity index is 2.16. The Labute approximate surface area is 95.7 Å². The first-order chi connectivity index (χ1) is 7.68. The summed E-state index contributed by atoms with van der Waals surface area (Å²) in [5.74, 6) is 0.0963. The second-order valence-corrected chi connectivity index (χ2v) is 4.24. The fourth-order valence-corrected chi connectivity index (χ4v) is 2.00. The number of aryl methyl sites for hydroxylation is 1. The minimum absolute atomic E-state index is 0.0963. The highest BCUT2D eigenvalue weighted by atomic mass is 16.2. The highest BCUT2D eigenvalue weighted by Crippen LogP contribution is 2.10. The average Bonchev–Trinajstić information content (AvgIpc) is 2.29. The molecule has 2 heterocycles. The van der Waals surface area contributed by atoms with E-state index in [2.05, 4.69) is 17.2 Å². The van der Waals surface area contributed by atoms with E-state index in [0.29, 0.717) is 6.04 Å². The largest absolute Gasteiger partial charge is 0.336 e. The molecule has 0 bridgehead atoms. The van der Waals surface area contributed by atoms with Gasteiger partial charge in [-0.1, -0.05) is 0 Å². The number of pyridine rings is 1. The summed E-state index contributed by atoms with van der Waals surface area (Å²) in [6.07, 6.45) is 1.71. The van der Waals surface area contributed by atoms with Crippen LogP contribution in [0.15, 0.2) is 18.3 Å². The molecule has 0 radical (unpaired) electrons. The quantitative estimate of drug-likeness (QED) is 0.760. The third-order valence-corrected chi connectivity index (χ3v) is 2.89. The van der Waals surface area contributed by atoms with Crippen LogP contribution in [0.5, 0.6) is 0 Å². The van der Waals surface area contributed by atoms with Crippen molar-refractivity contribution in [3.8, 4) is 0 Å². The summed E-state index contributed by atoms with van der Waals surface area (Å²) in [6, 6.07) is 4.03. The molecule has 4 nitrogen and oxygen atoms in total. The molecule has 0 spiro atoms. The van der Waals surface area contributed by atoms with Gasteiger partial charge in [-0.25, -0.2) is 0 Å². The van der Waals surface area contributed by atoms with E-state index in [9.17, 15) is 4.79 Å². The highest BCUT2D eigenvalue weighted by molar-refractivity contribution is 5.95. The molecule has 1 aliphatic heterocycles. The number of aromatic nitrogens is 1. The number of hydrogen-bond donors (Lipinski definition) is 1. The van der Waals surface area contributed by atoms with E-state index in [1.807, 2.05) is 24.0 Å². The minimum atomic E-state index is 0.0963. The summed E-state index contributed by atoms with van der Waals surface area (Å²) in [4.78, 5) is 18.3. The van der Waals surface area contributed by atoms with E-state index in [1.165, 1.54) is 0 Å². The molecule has 1 aromatic heterocycles. The maximum absolute atomic E-state index is 12.2. The second-order valence-electron chi connectivity index (χ2n) is 4.24. The summed E-state index contributed by atoms with van der Waals surface area (Å²) >= 11 is 0. The third kappa shape index (κ3) is 2.22. The number of nitrogens with zero attached hydrogens (tertiary/aromatic N) is 2. The molecule has 1 atom stereocenters. The van der Waals surface area contributed by atoms with Crippen LogP contribution in [0, 0.1) is 6.92 Å². The zero-order valence-electron chi connectivity index (χ0n) is 9.73. The van der Waals surface area contributed by atoms with E-state index >= 15 is 0 Å². The first-order valence-electron chi connectivity index (χ1n) is 5.63. The van der Waals surface area contributed by atoms with Crippen molar-refractivity contribution in [2.24, 2.45) is 0 Å². The Hall–Kier alpha value is -1.42. The van der Waals surface area contributed by atoms with Crippen molar-refractivity contribution < 1.29 is 4.79 Å². The van der Waals surface area contributed by atoms with E-state index in [4.69, 9.17) is 0 Å². The average molecular weight is 219 g/mol. The van der Waals surface area contributed by atoms with Crippen molar-refractivity contribution in [3.05, 3.63) is 29.6 Å². The maximum Gasteiger partial charge on any atom is 0.255 e. The Morgan fingerprint density at radius 3 is 3.12 bits per heavy atom. The highest BCUT2D eigenvalue weighted by Gasteiger charge is 2.22. The van der Waals surface area contributed by atoms with E-state index in [0.717, 1.165) is 30.9 Å². The Bertz CT molecular complexity index is 392. The lowest BCUT2D eigenvalue weighted by atomic mass is 10.1. The molecule has 1 aliphatic rings. The van der Waals surface area contributed by atoms with Crippen LogP contribution in [0.1, 0.15) is 23.0 Å². The Morgan fingerprint density at radius 2 is 2.44 bits per heavy atom. The lowest BCUT2D eigenvalue weighted by Gasteiger charge is -2.32. The zero-order chi connectivity index (χ0) is 11.5.